The Hall–Kier alpha value is -1.42. The minimum absolute atomic E-state index is 0.363. The number of nitrogens with one attached hydrogen (secondary N) is 1. The number of ether oxygens (including phenoxy) is 2. The first kappa shape index (κ1) is 19.9. The Morgan fingerprint density at radius 3 is 2.56 bits per heavy atom. The van der Waals surface area contributed by atoms with Gasteiger partial charge in [0.1, 0.15) is 6.61 Å². The van der Waals surface area contributed by atoms with Crippen molar-refractivity contribution < 1.29 is 9.47 Å². The van der Waals surface area contributed by atoms with E-state index in [1.54, 1.807) is 6.07 Å². The largest absolute Gasteiger partial charge is 0.490 e. The van der Waals surface area contributed by atoms with E-state index in [0.29, 0.717) is 23.3 Å². The van der Waals surface area contributed by atoms with Crippen molar-refractivity contribution in [3.8, 4) is 11.5 Å². The second-order valence-corrected chi connectivity index (χ2v) is 6.58. The minimum atomic E-state index is 0.363. The van der Waals surface area contributed by atoms with Crippen molar-refractivity contribution in [3.05, 3.63) is 57.6 Å². The molecule has 3 nitrogen and oxygen atoms in total. The van der Waals surface area contributed by atoms with E-state index < -0.39 is 0 Å². The second kappa shape index (κ2) is 10.5. The highest BCUT2D eigenvalue weighted by molar-refractivity contribution is 6.35. The lowest BCUT2D eigenvalue weighted by atomic mass is 10.1. The molecule has 0 amide bonds. The van der Waals surface area contributed by atoms with Crippen LogP contribution in [0.3, 0.4) is 0 Å². The molecule has 136 valence electrons. The number of hydrogen-bond acceptors (Lipinski definition) is 3. The summed E-state index contributed by atoms with van der Waals surface area (Å²) in [5.74, 6) is 1.52. The Kier molecular flexibility index (Phi) is 8.39. The Morgan fingerprint density at radius 1 is 1.00 bits per heavy atom. The second-order valence-electron chi connectivity index (χ2n) is 5.73. The summed E-state index contributed by atoms with van der Waals surface area (Å²) in [5.41, 5.74) is 1.97. The highest BCUT2D eigenvalue weighted by atomic mass is 35.5. The van der Waals surface area contributed by atoms with Gasteiger partial charge in [-0.2, -0.15) is 0 Å². The molecular weight excluding hydrogens is 357 g/mol. The molecule has 2 rings (SSSR count). The monoisotopic (exact) mass is 381 g/mol. The highest BCUT2D eigenvalue weighted by Gasteiger charge is 2.12. The fraction of sp³-hybridized carbons (Fsp3) is 0.400. The zero-order valence-corrected chi connectivity index (χ0v) is 16.3. The number of halogens is 2. The zero-order chi connectivity index (χ0) is 18.1. The molecule has 0 saturated heterocycles. The first-order chi connectivity index (χ1) is 12.2. The lowest BCUT2D eigenvalue weighted by Gasteiger charge is -2.17. The summed E-state index contributed by atoms with van der Waals surface area (Å²) in [6.07, 6.45) is 2.33. The van der Waals surface area contributed by atoms with E-state index in [1.165, 1.54) is 6.42 Å². The van der Waals surface area contributed by atoms with Crippen LogP contribution in [-0.2, 0) is 13.2 Å². The average Bonchev–Trinajstić information content (AvgIpc) is 2.59. The molecule has 0 aliphatic heterocycles. The Labute approximate surface area is 160 Å². The molecule has 0 radical (unpaired) electrons. The summed E-state index contributed by atoms with van der Waals surface area (Å²) in [5, 5.41) is 4.67. The predicted molar refractivity (Wildman–Crippen MR) is 105 cm³/mol. The van der Waals surface area contributed by atoms with Crippen LogP contribution in [0.25, 0.3) is 0 Å². The molecule has 0 atom stereocenters. The molecule has 0 aromatic heterocycles. The maximum absolute atomic E-state index is 6.25. The highest BCUT2D eigenvalue weighted by Crippen LogP contribution is 2.33. The molecule has 0 fully saturated rings. The van der Waals surface area contributed by atoms with E-state index in [2.05, 4.69) is 18.3 Å². The van der Waals surface area contributed by atoms with Gasteiger partial charge in [0.2, 0.25) is 0 Å². The van der Waals surface area contributed by atoms with Gasteiger partial charge in [0.15, 0.2) is 11.5 Å². The Bertz CT molecular complexity index is 677. The van der Waals surface area contributed by atoms with Crippen molar-refractivity contribution >= 4 is 23.2 Å². The number of benzene rings is 2. The van der Waals surface area contributed by atoms with Crippen molar-refractivity contribution in [3.63, 3.8) is 0 Å². The number of rotatable bonds is 10. The molecule has 0 unspecified atom stereocenters. The first-order valence-electron chi connectivity index (χ1n) is 8.67. The van der Waals surface area contributed by atoms with Crippen molar-refractivity contribution in [1.82, 2.24) is 5.32 Å². The number of hydrogen-bond donors (Lipinski definition) is 1. The fourth-order valence-corrected chi connectivity index (χ4v) is 2.91. The molecule has 0 aliphatic carbocycles. The van der Waals surface area contributed by atoms with E-state index in [-0.39, 0.29) is 0 Å². The molecule has 2 aromatic carbocycles. The van der Waals surface area contributed by atoms with Crippen LogP contribution in [0.2, 0.25) is 10.0 Å². The van der Waals surface area contributed by atoms with Crippen LogP contribution in [0.1, 0.15) is 37.8 Å². The summed E-state index contributed by atoms with van der Waals surface area (Å²) in [6, 6.07) is 11.4. The lowest BCUT2D eigenvalue weighted by molar-refractivity contribution is 0.266. The topological polar surface area (TPSA) is 30.5 Å². The summed E-state index contributed by atoms with van der Waals surface area (Å²) >= 11 is 12.2. The van der Waals surface area contributed by atoms with Crippen LogP contribution >= 0.6 is 23.2 Å². The third-order valence-electron chi connectivity index (χ3n) is 3.77. The van der Waals surface area contributed by atoms with Crippen molar-refractivity contribution in [1.29, 1.82) is 0 Å². The van der Waals surface area contributed by atoms with Gasteiger partial charge in [0, 0.05) is 27.7 Å². The van der Waals surface area contributed by atoms with Crippen LogP contribution < -0.4 is 14.8 Å². The van der Waals surface area contributed by atoms with Crippen molar-refractivity contribution in [2.24, 2.45) is 0 Å². The maximum Gasteiger partial charge on any atom is 0.166 e. The fourth-order valence-electron chi connectivity index (χ4n) is 2.45. The standard InChI is InChI=1S/C20H25Cl2NO2/c1-3-5-11-23-13-15-7-6-8-19(24-4-2)20(15)25-14-16-9-10-17(21)12-18(16)22/h6-10,12,23H,3-5,11,13-14H2,1-2H3. The van der Waals surface area contributed by atoms with Crippen molar-refractivity contribution in [2.45, 2.75) is 39.8 Å². The molecule has 2 aromatic rings. The summed E-state index contributed by atoms with van der Waals surface area (Å²) in [4.78, 5) is 0. The van der Waals surface area contributed by atoms with Crippen LogP contribution in [0.5, 0.6) is 11.5 Å². The SMILES string of the molecule is CCCCNCc1cccc(OCC)c1OCc1ccc(Cl)cc1Cl. The smallest absolute Gasteiger partial charge is 0.166 e. The third-order valence-corrected chi connectivity index (χ3v) is 4.36. The van der Waals surface area contributed by atoms with Crippen LogP contribution in [0.15, 0.2) is 36.4 Å². The molecule has 0 bridgehead atoms. The van der Waals surface area contributed by atoms with Gasteiger partial charge < -0.3 is 14.8 Å². The van der Waals surface area contributed by atoms with Crippen molar-refractivity contribution in [2.75, 3.05) is 13.2 Å². The summed E-state index contributed by atoms with van der Waals surface area (Å²) < 4.78 is 11.8. The molecule has 0 heterocycles. The first-order valence-corrected chi connectivity index (χ1v) is 9.43. The minimum Gasteiger partial charge on any atom is -0.490 e. The molecule has 1 N–H and O–H groups in total. The Morgan fingerprint density at radius 2 is 1.84 bits per heavy atom. The van der Waals surface area contributed by atoms with Crippen LogP contribution in [-0.4, -0.2) is 13.2 Å². The molecule has 0 aliphatic rings. The number of para-hydroxylation sites is 1. The Balaban J connectivity index is 2.14. The van der Waals surface area contributed by atoms with Gasteiger partial charge >= 0.3 is 0 Å². The van der Waals surface area contributed by atoms with Gasteiger partial charge in [-0.05, 0) is 38.1 Å². The predicted octanol–water partition coefficient (Wildman–Crippen LogP) is 5.86. The number of unbranched alkanes of at least 4 members (excludes halogenated alkanes) is 1. The molecule has 0 saturated carbocycles. The average molecular weight is 382 g/mol. The van der Waals surface area contributed by atoms with E-state index in [0.717, 1.165) is 42.1 Å². The van der Waals surface area contributed by atoms with E-state index >= 15 is 0 Å². The van der Waals surface area contributed by atoms with Gasteiger partial charge in [-0.1, -0.05) is 54.7 Å². The zero-order valence-electron chi connectivity index (χ0n) is 14.8. The van der Waals surface area contributed by atoms with Gasteiger partial charge in [-0.3, -0.25) is 0 Å². The van der Waals surface area contributed by atoms with Crippen LogP contribution in [0.4, 0.5) is 0 Å². The van der Waals surface area contributed by atoms with Gasteiger partial charge in [-0.25, -0.2) is 0 Å². The van der Waals surface area contributed by atoms with Gasteiger partial charge in [0.25, 0.3) is 0 Å². The molecular formula is C20H25Cl2NO2. The molecule has 25 heavy (non-hydrogen) atoms. The molecule has 5 heteroatoms. The van der Waals surface area contributed by atoms with Gasteiger partial charge in [-0.15, -0.1) is 0 Å². The maximum atomic E-state index is 6.25. The van der Waals surface area contributed by atoms with Crippen LogP contribution in [0, 0.1) is 0 Å². The summed E-state index contributed by atoms with van der Waals surface area (Å²) in [6.45, 7) is 6.82. The van der Waals surface area contributed by atoms with E-state index in [9.17, 15) is 0 Å². The molecule has 0 spiro atoms. The van der Waals surface area contributed by atoms with E-state index in [1.807, 2.05) is 31.2 Å². The normalized spacial score (nSPS) is 10.7. The summed E-state index contributed by atoms with van der Waals surface area (Å²) in [7, 11) is 0. The van der Waals surface area contributed by atoms with E-state index in [4.69, 9.17) is 32.7 Å². The third kappa shape index (κ3) is 6.10. The lowest BCUT2D eigenvalue weighted by Crippen LogP contribution is -2.15. The quantitative estimate of drug-likeness (QED) is 0.522. The van der Waals surface area contributed by atoms with Gasteiger partial charge in [0.05, 0.1) is 6.61 Å².